The second-order valence-electron chi connectivity index (χ2n) is 4.93. The zero-order valence-corrected chi connectivity index (χ0v) is 11.9. The number of ether oxygens (including phenoxy) is 1. The molecule has 0 radical (unpaired) electrons. The normalized spacial score (nSPS) is 19.9. The van der Waals surface area contributed by atoms with Crippen molar-refractivity contribution in [3.8, 4) is 5.75 Å². The maximum absolute atomic E-state index is 12.1. The number of quaternary nitrogens is 1. The summed E-state index contributed by atoms with van der Waals surface area (Å²) in [6.45, 7) is 3.88. The van der Waals surface area contributed by atoms with Crippen molar-refractivity contribution in [3.63, 3.8) is 0 Å². The fourth-order valence-electron chi connectivity index (χ4n) is 2.15. The molecule has 4 nitrogen and oxygen atoms in total. The molecule has 1 atom stereocenters. The predicted octanol–water partition coefficient (Wildman–Crippen LogP) is 0.466. The molecule has 1 unspecified atom stereocenters. The van der Waals surface area contributed by atoms with Gasteiger partial charge in [-0.05, 0) is 24.3 Å². The van der Waals surface area contributed by atoms with Crippen molar-refractivity contribution in [2.75, 3.05) is 39.8 Å². The standard InChI is InChI=1S/C14H19ClN2O2/c1-16-7-2-8-17(10-9-16)14(18)11-19-13-5-3-12(15)4-6-13/h3-6H,2,7-11H2,1H3/p+1. The molecule has 5 heteroatoms. The number of halogens is 1. The van der Waals surface area contributed by atoms with Gasteiger partial charge in [0.2, 0.25) is 0 Å². The molecule has 104 valence electrons. The lowest BCUT2D eigenvalue weighted by molar-refractivity contribution is -0.877. The van der Waals surface area contributed by atoms with Crippen LogP contribution in [0.1, 0.15) is 6.42 Å². The molecule has 19 heavy (non-hydrogen) atoms. The number of nitrogens with one attached hydrogen (secondary N) is 1. The zero-order chi connectivity index (χ0) is 13.7. The van der Waals surface area contributed by atoms with E-state index in [-0.39, 0.29) is 12.5 Å². The first-order valence-corrected chi connectivity index (χ1v) is 7.00. The quantitative estimate of drug-likeness (QED) is 0.875. The Labute approximate surface area is 118 Å². The zero-order valence-electron chi connectivity index (χ0n) is 11.2. The lowest BCUT2D eigenvalue weighted by atomic mass is 10.3. The highest BCUT2D eigenvalue weighted by Gasteiger charge is 2.19. The molecule has 1 aliphatic heterocycles. The van der Waals surface area contributed by atoms with Crippen molar-refractivity contribution >= 4 is 17.5 Å². The molecule has 1 saturated heterocycles. The summed E-state index contributed by atoms with van der Waals surface area (Å²) in [5.74, 6) is 0.736. The van der Waals surface area contributed by atoms with Gasteiger partial charge in [0.25, 0.3) is 5.91 Å². The van der Waals surface area contributed by atoms with Gasteiger partial charge in [0.05, 0.1) is 26.7 Å². The molecule has 0 aliphatic carbocycles. The summed E-state index contributed by atoms with van der Waals surface area (Å²) in [6, 6.07) is 7.06. The van der Waals surface area contributed by atoms with Crippen molar-refractivity contribution in [1.82, 2.24) is 4.90 Å². The molecule has 2 rings (SSSR count). The third-order valence-electron chi connectivity index (χ3n) is 3.37. The average Bonchev–Trinajstić information content (AvgIpc) is 2.63. The Morgan fingerprint density at radius 3 is 2.79 bits per heavy atom. The summed E-state index contributed by atoms with van der Waals surface area (Å²) in [6.07, 6.45) is 1.05. The number of carbonyl (C=O) groups is 1. The maximum atomic E-state index is 12.1. The van der Waals surface area contributed by atoms with E-state index in [1.54, 1.807) is 24.3 Å². The highest BCUT2D eigenvalue weighted by molar-refractivity contribution is 6.30. The minimum absolute atomic E-state index is 0.0599. The first-order chi connectivity index (χ1) is 9.15. The van der Waals surface area contributed by atoms with E-state index in [0.29, 0.717) is 10.8 Å². The van der Waals surface area contributed by atoms with Crippen LogP contribution in [-0.4, -0.2) is 50.6 Å². The summed E-state index contributed by atoms with van der Waals surface area (Å²) in [5.41, 5.74) is 0. The van der Waals surface area contributed by atoms with Gasteiger partial charge >= 0.3 is 0 Å². The molecule has 0 spiro atoms. The summed E-state index contributed by atoms with van der Waals surface area (Å²) in [4.78, 5) is 15.4. The second kappa shape index (κ2) is 6.78. The van der Waals surface area contributed by atoms with E-state index in [2.05, 4.69) is 7.05 Å². The van der Waals surface area contributed by atoms with Crippen LogP contribution in [0.2, 0.25) is 5.02 Å². The Morgan fingerprint density at radius 2 is 2.05 bits per heavy atom. The van der Waals surface area contributed by atoms with Gasteiger partial charge in [0.15, 0.2) is 6.61 Å². The number of benzene rings is 1. The van der Waals surface area contributed by atoms with E-state index < -0.39 is 0 Å². The first-order valence-electron chi connectivity index (χ1n) is 6.62. The maximum Gasteiger partial charge on any atom is 0.260 e. The Morgan fingerprint density at radius 1 is 1.32 bits per heavy atom. The molecular weight excluding hydrogens is 264 g/mol. The second-order valence-corrected chi connectivity index (χ2v) is 5.37. The largest absolute Gasteiger partial charge is 0.484 e. The van der Waals surface area contributed by atoms with E-state index in [0.717, 1.165) is 32.6 Å². The van der Waals surface area contributed by atoms with Gasteiger partial charge in [0.1, 0.15) is 5.75 Å². The van der Waals surface area contributed by atoms with Crippen molar-refractivity contribution in [2.45, 2.75) is 6.42 Å². The number of carbonyl (C=O) groups excluding carboxylic acids is 1. The summed E-state index contributed by atoms with van der Waals surface area (Å²) in [5, 5.41) is 0.664. The number of rotatable bonds is 3. The molecule has 1 amide bonds. The number of hydrogen-bond donors (Lipinski definition) is 1. The predicted molar refractivity (Wildman–Crippen MR) is 74.8 cm³/mol. The number of likely N-dealkylation sites (N-methyl/N-ethyl adjacent to an activating group) is 1. The Kier molecular flexibility index (Phi) is 5.05. The fraction of sp³-hybridized carbons (Fsp3) is 0.500. The van der Waals surface area contributed by atoms with Gasteiger partial charge in [-0.3, -0.25) is 4.79 Å². The van der Waals surface area contributed by atoms with Gasteiger partial charge in [-0.25, -0.2) is 0 Å². The van der Waals surface area contributed by atoms with Crippen LogP contribution in [-0.2, 0) is 4.79 Å². The molecule has 1 N–H and O–H groups in total. The SMILES string of the molecule is C[NH+]1CCCN(C(=O)COc2ccc(Cl)cc2)CC1. The third-order valence-corrected chi connectivity index (χ3v) is 3.62. The van der Waals surface area contributed by atoms with Gasteiger partial charge in [-0.15, -0.1) is 0 Å². The van der Waals surface area contributed by atoms with E-state index in [1.807, 2.05) is 4.90 Å². The van der Waals surface area contributed by atoms with Crippen LogP contribution in [0.25, 0.3) is 0 Å². The molecule has 0 aromatic heterocycles. The van der Waals surface area contributed by atoms with Crippen LogP contribution in [0.15, 0.2) is 24.3 Å². The fourth-order valence-corrected chi connectivity index (χ4v) is 2.28. The van der Waals surface area contributed by atoms with Crippen LogP contribution >= 0.6 is 11.6 Å². The molecule has 1 heterocycles. The summed E-state index contributed by atoms with van der Waals surface area (Å²) < 4.78 is 5.49. The van der Waals surface area contributed by atoms with Crippen molar-refractivity contribution in [3.05, 3.63) is 29.3 Å². The smallest absolute Gasteiger partial charge is 0.260 e. The van der Waals surface area contributed by atoms with Crippen LogP contribution in [0.3, 0.4) is 0 Å². The lowest BCUT2D eigenvalue weighted by Crippen LogP contribution is -3.09. The van der Waals surface area contributed by atoms with E-state index in [1.165, 1.54) is 4.90 Å². The number of hydrogen-bond acceptors (Lipinski definition) is 2. The van der Waals surface area contributed by atoms with E-state index >= 15 is 0 Å². The number of nitrogens with zero attached hydrogens (tertiary/aromatic N) is 1. The van der Waals surface area contributed by atoms with Crippen molar-refractivity contribution in [1.29, 1.82) is 0 Å². The topological polar surface area (TPSA) is 34.0 Å². The van der Waals surface area contributed by atoms with E-state index in [9.17, 15) is 4.79 Å². The minimum Gasteiger partial charge on any atom is -0.484 e. The molecule has 1 aliphatic rings. The first kappa shape index (κ1) is 14.2. The monoisotopic (exact) mass is 283 g/mol. The van der Waals surface area contributed by atoms with Gasteiger partial charge in [-0.1, -0.05) is 11.6 Å². The highest BCUT2D eigenvalue weighted by Crippen LogP contribution is 2.15. The van der Waals surface area contributed by atoms with Crippen LogP contribution < -0.4 is 9.64 Å². The van der Waals surface area contributed by atoms with Gasteiger partial charge in [-0.2, -0.15) is 0 Å². The van der Waals surface area contributed by atoms with Crippen LogP contribution in [0, 0.1) is 0 Å². The average molecular weight is 284 g/mol. The number of amides is 1. The third kappa shape index (κ3) is 4.40. The Balaban J connectivity index is 1.82. The summed E-state index contributed by atoms with van der Waals surface area (Å²) >= 11 is 5.79. The lowest BCUT2D eigenvalue weighted by Gasteiger charge is -2.19. The molecule has 0 saturated carbocycles. The molecule has 1 fully saturated rings. The molecular formula is C14H20ClN2O2+. The Bertz CT molecular complexity index is 422. The van der Waals surface area contributed by atoms with Crippen LogP contribution in [0.4, 0.5) is 0 Å². The molecule has 1 aromatic rings. The van der Waals surface area contributed by atoms with Crippen molar-refractivity contribution in [2.24, 2.45) is 0 Å². The van der Waals surface area contributed by atoms with Gasteiger partial charge < -0.3 is 14.5 Å². The van der Waals surface area contributed by atoms with Crippen LogP contribution in [0.5, 0.6) is 5.75 Å². The highest BCUT2D eigenvalue weighted by atomic mass is 35.5. The molecule has 0 bridgehead atoms. The Hall–Kier alpha value is -1.26. The summed E-state index contributed by atoms with van der Waals surface area (Å²) in [7, 11) is 2.16. The van der Waals surface area contributed by atoms with Crippen molar-refractivity contribution < 1.29 is 14.4 Å². The molecule has 1 aromatic carbocycles. The van der Waals surface area contributed by atoms with E-state index in [4.69, 9.17) is 16.3 Å². The minimum atomic E-state index is 0.0599. The van der Waals surface area contributed by atoms with Gasteiger partial charge in [0, 0.05) is 18.0 Å².